The first-order valence-electron chi connectivity index (χ1n) is 5.06. The summed E-state index contributed by atoms with van der Waals surface area (Å²) in [6, 6.07) is 2.94. The Morgan fingerprint density at radius 3 is 2.38 bits per heavy atom. The lowest BCUT2D eigenvalue weighted by Crippen LogP contribution is -2.18. The number of carboxylic acid groups (broad SMARTS) is 1. The molecule has 3 nitrogen and oxygen atoms in total. The summed E-state index contributed by atoms with van der Waals surface area (Å²) < 4.78 is 0. The highest BCUT2D eigenvalue weighted by atomic mass is 35.5. The van der Waals surface area contributed by atoms with Crippen LogP contribution in [0.15, 0.2) is 12.1 Å². The van der Waals surface area contributed by atoms with E-state index in [1.807, 2.05) is 13.8 Å². The Kier molecular flexibility index (Phi) is 3.81. The first kappa shape index (κ1) is 12.8. The Balaban J connectivity index is 3.34. The highest BCUT2D eigenvalue weighted by Gasteiger charge is 2.26. The molecule has 16 heavy (non-hydrogen) atoms. The molecule has 1 unspecified atom stereocenters. The number of hydrogen-bond acceptors (Lipinski definition) is 2. The molecule has 0 saturated carbocycles. The first-order valence-corrected chi connectivity index (χ1v) is 5.44. The molecule has 0 bridgehead atoms. The van der Waals surface area contributed by atoms with Crippen LogP contribution in [0.3, 0.4) is 0 Å². The number of aromatic hydroxyl groups is 1. The summed E-state index contributed by atoms with van der Waals surface area (Å²) in [5.41, 5.74) is 1.16. The molecular weight excluding hydrogens is 228 g/mol. The first-order chi connectivity index (χ1) is 7.34. The Morgan fingerprint density at radius 2 is 1.94 bits per heavy atom. The number of aryl methyl sites for hydroxylation is 1. The lowest BCUT2D eigenvalue weighted by atomic mass is 9.87. The van der Waals surface area contributed by atoms with Gasteiger partial charge < -0.3 is 10.2 Å². The number of rotatable bonds is 3. The summed E-state index contributed by atoms with van der Waals surface area (Å²) in [5, 5.41) is 19.1. The van der Waals surface area contributed by atoms with Gasteiger partial charge in [-0.25, -0.2) is 0 Å². The molecule has 0 aromatic heterocycles. The third kappa shape index (κ3) is 2.47. The number of aliphatic carboxylic acids is 1. The van der Waals surface area contributed by atoms with E-state index in [-0.39, 0.29) is 11.7 Å². The molecule has 0 heterocycles. The van der Waals surface area contributed by atoms with Crippen LogP contribution >= 0.6 is 11.6 Å². The molecule has 1 rings (SSSR count). The number of carboxylic acids is 1. The van der Waals surface area contributed by atoms with Gasteiger partial charge in [0.15, 0.2) is 0 Å². The number of halogens is 1. The fourth-order valence-corrected chi connectivity index (χ4v) is 2.01. The summed E-state index contributed by atoms with van der Waals surface area (Å²) in [4.78, 5) is 11.2. The zero-order valence-electron chi connectivity index (χ0n) is 9.49. The maximum absolute atomic E-state index is 11.2. The fourth-order valence-electron chi connectivity index (χ4n) is 1.78. The molecule has 1 atom stereocenters. The Labute approximate surface area is 99.7 Å². The van der Waals surface area contributed by atoms with Crippen LogP contribution in [0.25, 0.3) is 0 Å². The van der Waals surface area contributed by atoms with Gasteiger partial charge in [0.05, 0.1) is 5.92 Å². The van der Waals surface area contributed by atoms with E-state index in [4.69, 9.17) is 16.7 Å². The van der Waals surface area contributed by atoms with Gasteiger partial charge >= 0.3 is 5.97 Å². The van der Waals surface area contributed by atoms with Crippen LogP contribution in [-0.4, -0.2) is 16.2 Å². The monoisotopic (exact) mass is 242 g/mol. The quantitative estimate of drug-likeness (QED) is 0.856. The molecule has 0 amide bonds. The molecule has 1 aromatic carbocycles. The summed E-state index contributed by atoms with van der Waals surface area (Å²) in [6.45, 7) is 5.37. The number of hydrogen-bond donors (Lipinski definition) is 2. The normalized spacial score (nSPS) is 12.8. The predicted octanol–water partition coefficient (Wildman–Crippen LogP) is 3.18. The molecule has 0 aliphatic heterocycles. The van der Waals surface area contributed by atoms with E-state index >= 15 is 0 Å². The van der Waals surface area contributed by atoms with Crippen LogP contribution in [0.5, 0.6) is 5.75 Å². The van der Waals surface area contributed by atoms with Crippen molar-refractivity contribution in [2.75, 3.05) is 0 Å². The van der Waals surface area contributed by atoms with Crippen molar-refractivity contribution >= 4 is 17.6 Å². The second-order valence-corrected chi connectivity index (χ2v) is 4.60. The number of phenols is 1. The van der Waals surface area contributed by atoms with E-state index in [1.165, 1.54) is 12.1 Å². The topological polar surface area (TPSA) is 57.5 Å². The SMILES string of the molecule is Cc1cc(O)cc(C(C(=O)O)C(C)C)c1Cl. The molecule has 1 aromatic rings. The summed E-state index contributed by atoms with van der Waals surface area (Å²) in [5.74, 6) is -1.67. The minimum atomic E-state index is -0.929. The van der Waals surface area contributed by atoms with Gasteiger partial charge in [0.25, 0.3) is 0 Å². The van der Waals surface area contributed by atoms with Crippen molar-refractivity contribution in [2.24, 2.45) is 5.92 Å². The van der Waals surface area contributed by atoms with Gasteiger partial charge in [-0.1, -0.05) is 25.4 Å². The van der Waals surface area contributed by atoms with Crippen molar-refractivity contribution in [3.8, 4) is 5.75 Å². The highest BCUT2D eigenvalue weighted by molar-refractivity contribution is 6.32. The number of carbonyl (C=O) groups is 1. The van der Waals surface area contributed by atoms with Gasteiger partial charge in [0.2, 0.25) is 0 Å². The third-order valence-electron chi connectivity index (χ3n) is 2.54. The summed E-state index contributed by atoms with van der Waals surface area (Å²) in [7, 11) is 0. The van der Waals surface area contributed by atoms with Crippen molar-refractivity contribution in [3.05, 3.63) is 28.3 Å². The van der Waals surface area contributed by atoms with Crippen LogP contribution in [0.2, 0.25) is 5.02 Å². The Hall–Kier alpha value is -1.22. The smallest absolute Gasteiger partial charge is 0.311 e. The van der Waals surface area contributed by atoms with Gasteiger partial charge in [-0.05, 0) is 36.1 Å². The van der Waals surface area contributed by atoms with E-state index in [2.05, 4.69) is 0 Å². The van der Waals surface area contributed by atoms with Gasteiger partial charge in [0.1, 0.15) is 5.75 Å². The maximum Gasteiger partial charge on any atom is 0.311 e. The van der Waals surface area contributed by atoms with Crippen LogP contribution in [0.4, 0.5) is 0 Å². The third-order valence-corrected chi connectivity index (χ3v) is 3.05. The van der Waals surface area contributed by atoms with E-state index in [1.54, 1.807) is 6.92 Å². The largest absolute Gasteiger partial charge is 0.508 e. The minimum Gasteiger partial charge on any atom is -0.508 e. The van der Waals surface area contributed by atoms with Crippen LogP contribution < -0.4 is 0 Å². The van der Waals surface area contributed by atoms with Gasteiger partial charge in [-0.2, -0.15) is 0 Å². The molecule has 88 valence electrons. The highest BCUT2D eigenvalue weighted by Crippen LogP contribution is 2.35. The van der Waals surface area contributed by atoms with Crippen LogP contribution in [-0.2, 0) is 4.79 Å². The molecule has 0 radical (unpaired) electrons. The van der Waals surface area contributed by atoms with E-state index in [0.29, 0.717) is 16.1 Å². The average molecular weight is 243 g/mol. The minimum absolute atomic E-state index is 0.0452. The second kappa shape index (κ2) is 4.74. The standard InChI is InChI=1S/C12H15ClO3/c1-6(2)10(12(15)16)9-5-8(14)4-7(3)11(9)13/h4-6,10,14H,1-3H3,(H,15,16). The second-order valence-electron chi connectivity index (χ2n) is 4.23. The molecule has 4 heteroatoms. The molecule has 0 aliphatic rings. The van der Waals surface area contributed by atoms with E-state index in [0.717, 1.165) is 0 Å². The Bertz CT molecular complexity index is 413. The molecular formula is C12H15ClO3. The Morgan fingerprint density at radius 1 is 1.38 bits per heavy atom. The number of phenolic OH excluding ortho intramolecular Hbond substituents is 1. The van der Waals surface area contributed by atoms with Crippen LogP contribution in [0.1, 0.15) is 30.9 Å². The maximum atomic E-state index is 11.2. The lowest BCUT2D eigenvalue weighted by molar-refractivity contribution is -0.139. The van der Waals surface area contributed by atoms with E-state index in [9.17, 15) is 9.90 Å². The van der Waals surface area contributed by atoms with Crippen molar-refractivity contribution in [1.29, 1.82) is 0 Å². The van der Waals surface area contributed by atoms with Gasteiger partial charge in [-0.3, -0.25) is 4.79 Å². The molecule has 2 N–H and O–H groups in total. The van der Waals surface area contributed by atoms with Crippen molar-refractivity contribution in [1.82, 2.24) is 0 Å². The zero-order valence-corrected chi connectivity index (χ0v) is 10.2. The van der Waals surface area contributed by atoms with Gasteiger partial charge in [0, 0.05) is 5.02 Å². The van der Waals surface area contributed by atoms with Crippen molar-refractivity contribution in [2.45, 2.75) is 26.7 Å². The molecule has 0 saturated heterocycles. The number of benzene rings is 1. The molecule has 0 fully saturated rings. The van der Waals surface area contributed by atoms with Crippen molar-refractivity contribution in [3.63, 3.8) is 0 Å². The lowest BCUT2D eigenvalue weighted by Gasteiger charge is -2.19. The van der Waals surface area contributed by atoms with Crippen LogP contribution in [0, 0.1) is 12.8 Å². The summed E-state index contributed by atoms with van der Waals surface area (Å²) >= 11 is 6.07. The van der Waals surface area contributed by atoms with Gasteiger partial charge in [-0.15, -0.1) is 0 Å². The fraction of sp³-hybridized carbons (Fsp3) is 0.417. The zero-order chi connectivity index (χ0) is 12.5. The molecule has 0 aliphatic carbocycles. The predicted molar refractivity (Wildman–Crippen MR) is 63.1 cm³/mol. The molecule has 0 spiro atoms. The van der Waals surface area contributed by atoms with E-state index < -0.39 is 11.9 Å². The van der Waals surface area contributed by atoms with Crippen molar-refractivity contribution < 1.29 is 15.0 Å². The summed E-state index contributed by atoms with van der Waals surface area (Å²) in [6.07, 6.45) is 0. The average Bonchev–Trinajstić information content (AvgIpc) is 2.12.